The number of amides is 1. The smallest absolute Gasteiger partial charge is 0.253 e. The summed E-state index contributed by atoms with van der Waals surface area (Å²) in [4.78, 5) is 16.6. The number of aryl methyl sites for hydroxylation is 1. The second-order valence-electron chi connectivity index (χ2n) is 5.49. The summed E-state index contributed by atoms with van der Waals surface area (Å²) < 4.78 is 0. The van der Waals surface area contributed by atoms with Gasteiger partial charge in [0.05, 0.1) is 12.0 Å². The van der Waals surface area contributed by atoms with Gasteiger partial charge < -0.3 is 4.90 Å². The molecule has 20 heavy (non-hydrogen) atoms. The monoisotopic (exact) mass is 271 g/mol. The first-order valence-corrected chi connectivity index (χ1v) is 7.08. The van der Waals surface area contributed by atoms with Crippen LogP contribution in [0.3, 0.4) is 0 Å². The van der Waals surface area contributed by atoms with Crippen LogP contribution in [0, 0.1) is 24.2 Å². The average Bonchev–Trinajstić information content (AvgIpc) is 2.47. The van der Waals surface area contributed by atoms with E-state index in [0.717, 1.165) is 43.9 Å². The molecule has 1 aromatic rings. The highest BCUT2D eigenvalue weighted by Crippen LogP contribution is 2.11. The van der Waals surface area contributed by atoms with Gasteiger partial charge in [0.25, 0.3) is 5.91 Å². The van der Waals surface area contributed by atoms with Crippen molar-refractivity contribution in [3.8, 4) is 6.07 Å². The molecule has 0 aromatic heterocycles. The summed E-state index contributed by atoms with van der Waals surface area (Å²) in [5.74, 6) is 0.163. The van der Waals surface area contributed by atoms with Gasteiger partial charge in [0.1, 0.15) is 0 Å². The minimum absolute atomic E-state index is 0.0500. The second kappa shape index (κ2) is 6.53. The molecule has 4 heteroatoms. The summed E-state index contributed by atoms with van der Waals surface area (Å²) in [7, 11) is 0. The molecule has 1 heterocycles. The zero-order valence-electron chi connectivity index (χ0n) is 12.2. The highest BCUT2D eigenvalue weighted by molar-refractivity contribution is 5.94. The molecule has 0 bridgehead atoms. The minimum Gasteiger partial charge on any atom is -0.336 e. The van der Waals surface area contributed by atoms with E-state index in [2.05, 4.69) is 11.0 Å². The fourth-order valence-corrected chi connectivity index (χ4v) is 2.52. The topological polar surface area (TPSA) is 47.3 Å². The Labute approximate surface area is 120 Å². The van der Waals surface area contributed by atoms with E-state index in [1.54, 1.807) is 0 Å². The Hall–Kier alpha value is -1.86. The summed E-state index contributed by atoms with van der Waals surface area (Å²) in [6.45, 7) is 7.91. The van der Waals surface area contributed by atoms with Crippen molar-refractivity contribution < 1.29 is 4.79 Å². The molecular weight excluding hydrogens is 250 g/mol. The van der Waals surface area contributed by atoms with Crippen molar-refractivity contribution in [2.24, 2.45) is 5.92 Å². The van der Waals surface area contributed by atoms with E-state index in [0.29, 0.717) is 0 Å². The molecule has 1 amide bonds. The second-order valence-corrected chi connectivity index (χ2v) is 5.49. The van der Waals surface area contributed by atoms with Crippen LogP contribution < -0.4 is 0 Å². The summed E-state index contributed by atoms with van der Waals surface area (Å²) in [5.41, 5.74) is 1.88. The first-order valence-electron chi connectivity index (χ1n) is 7.08. The van der Waals surface area contributed by atoms with Crippen molar-refractivity contribution in [3.63, 3.8) is 0 Å². The van der Waals surface area contributed by atoms with Crippen molar-refractivity contribution in [1.29, 1.82) is 5.26 Å². The zero-order valence-corrected chi connectivity index (χ0v) is 12.2. The molecule has 0 spiro atoms. The molecule has 0 saturated carbocycles. The van der Waals surface area contributed by atoms with Crippen LogP contribution >= 0.6 is 0 Å². The van der Waals surface area contributed by atoms with Gasteiger partial charge in [-0.3, -0.25) is 9.69 Å². The third kappa shape index (κ3) is 3.58. The molecule has 106 valence electrons. The van der Waals surface area contributed by atoms with Gasteiger partial charge in [-0.1, -0.05) is 17.7 Å². The highest BCUT2D eigenvalue weighted by Gasteiger charge is 2.22. The lowest BCUT2D eigenvalue weighted by Crippen LogP contribution is -2.49. The molecule has 1 aliphatic heterocycles. The van der Waals surface area contributed by atoms with E-state index in [-0.39, 0.29) is 11.8 Å². The van der Waals surface area contributed by atoms with Gasteiger partial charge in [0.15, 0.2) is 0 Å². The SMILES string of the molecule is Cc1cccc(C(=O)N2CCN(CC(C)C#N)CC2)c1. The maximum absolute atomic E-state index is 12.4. The third-order valence-corrected chi connectivity index (χ3v) is 3.68. The van der Waals surface area contributed by atoms with Crippen LogP contribution in [-0.4, -0.2) is 48.4 Å². The van der Waals surface area contributed by atoms with Gasteiger partial charge in [0.2, 0.25) is 0 Å². The number of nitrogens with zero attached hydrogens (tertiary/aromatic N) is 3. The Balaban J connectivity index is 1.91. The van der Waals surface area contributed by atoms with Crippen LogP contribution in [0.4, 0.5) is 0 Å². The predicted octanol–water partition coefficient (Wildman–Crippen LogP) is 1.91. The lowest BCUT2D eigenvalue weighted by molar-refractivity contribution is 0.0628. The minimum atomic E-state index is 0.0500. The van der Waals surface area contributed by atoms with Gasteiger partial charge >= 0.3 is 0 Å². The van der Waals surface area contributed by atoms with Crippen molar-refractivity contribution >= 4 is 5.91 Å². The Kier molecular flexibility index (Phi) is 4.75. The number of hydrogen-bond donors (Lipinski definition) is 0. The van der Waals surface area contributed by atoms with E-state index in [1.807, 2.05) is 43.0 Å². The molecule has 0 N–H and O–H groups in total. The summed E-state index contributed by atoms with van der Waals surface area (Å²) in [6, 6.07) is 9.99. The van der Waals surface area contributed by atoms with Crippen LogP contribution in [0.15, 0.2) is 24.3 Å². The molecule has 4 nitrogen and oxygen atoms in total. The van der Waals surface area contributed by atoms with Crippen LogP contribution in [0.5, 0.6) is 0 Å². The first kappa shape index (κ1) is 14.5. The number of benzene rings is 1. The molecule has 1 fully saturated rings. The van der Waals surface area contributed by atoms with Crippen LogP contribution in [0.2, 0.25) is 0 Å². The molecule has 1 aliphatic rings. The molecule has 1 atom stereocenters. The van der Waals surface area contributed by atoms with E-state index in [1.165, 1.54) is 0 Å². The average molecular weight is 271 g/mol. The Morgan fingerprint density at radius 2 is 2.05 bits per heavy atom. The van der Waals surface area contributed by atoms with Gasteiger partial charge in [-0.15, -0.1) is 0 Å². The van der Waals surface area contributed by atoms with E-state index >= 15 is 0 Å². The summed E-state index contributed by atoms with van der Waals surface area (Å²) >= 11 is 0. The number of carbonyl (C=O) groups is 1. The quantitative estimate of drug-likeness (QED) is 0.843. The molecular formula is C16H21N3O. The Morgan fingerprint density at radius 1 is 1.35 bits per heavy atom. The van der Waals surface area contributed by atoms with Crippen LogP contribution in [-0.2, 0) is 0 Å². The lowest BCUT2D eigenvalue weighted by atomic mass is 10.1. The maximum atomic E-state index is 12.4. The Bertz CT molecular complexity index is 513. The van der Waals surface area contributed by atoms with Crippen molar-refractivity contribution in [2.45, 2.75) is 13.8 Å². The standard InChI is InChI=1S/C16H21N3O/c1-13-4-3-5-15(10-13)16(20)19-8-6-18(7-9-19)12-14(2)11-17/h3-5,10,14H,6-9,12H2,1-2H3. The van der Waals surface area contributed by atoms with Crippen molar-refractivity contribution in [1.82, 2.24) is 9.80 Å². The third-order valence-electron chi connectivity index (χ3n) is 3.68. The zero-order chi connectivity index (χ0) is 14.5. The summed E-state index contributed by atoms with van der Waals surface area (Å²) in [5, 5.41) is 8.84. The number of piperazine rings is 1. The van der Waals surface area contributed by atoms with E-state index in [4.69, 9.17) is 5.26 Å². The number of nitriles is 1. The molecule has 0 aliphatic carbocycles. The van der Waals surface area contributed by atoms with Crippen molar-refractivity contribution in [2.75, 3.05) is 32.7 Å². The largest absolute Gasteiger partial charge is 0.336 e. The van der Waals surface area contributed by atoms with Gasteiger partial charge in [0, 0.05) is 38.3 Å². The van der Waals surface area contributed by atoms with Crippen LogP contribution in [0.1, 0.15) is 22.8 Å². The number of hydrogen-bond acceptors (Lipinski definition) is 3. The fourth-order valence-electron chi connectivity index (χ4n) is 2.52. The number of carbonyl (C=O) groups excluding carboxylic acids is 1. The highest BCUT2D eigenvalue weighted by atomic mass is 16.2. The van der Waals surface area contributed by atoms with Gasteiger partial charge in [-0.25, -0.2) is 0 Å². The molecule has 1 saturated heterocycles. The molecule has 2 rings (SSSR count). The molecule has 1 aromatic carbocycles. The Morgan fingerprint density at radius 3 is 2.65 bits per heavy atom. The summed E-state index contributed by atoms with van der Waals surface area (Å²) in [6.07, 6.45) is 0. The van der Waals surface area contributed by atoms with E-state index < -0.39 is 0 Å². The number of rotatable bonds is 3. The maximum Gasteiger partial charge on any atom is 0.253 e. The van der Waals surface area contributed by atoms with Crippen molar-refractivity contribution in [3.05, 3.63) is 35.4 Å². The van der Waals surface area contributed by atoms with Gasteiger partial charge in [-0.05, 0) is 26.0 Å². The lowest BCUT2D eigenvalue weighted by Gasteiger charge is -2.35. The van der Waals surface area contributed by atoms with Crippen LogP contribution in [0.25, 0.3) is 0 Å². The van der Waals surface area contributed by atoms with Gasteiger partial charge in [-0.2, -0.15) is 5.26 Å². The normalized spacial score (nSPS) is 17.6. The van der Waals surface area contributed by atoms with E-state index in [9.17, 15) is 4.79 Å². The first-order chi connectivity index (χ1) is 9.60. The predicted molar refractivity (Wildman–Crippen MR) is 78.3 cm³/mol. The molecule has 1 unspecified atom stereocenters. The molecule has 0 radical (unpaired) electrons. The fraction of sp³-hybridized carbons (Fsp3) is 0.500.